The van der Waals surface area contributed by atoms with Crippen molar-refractivity contribution in [1.82, 2.24) is 0 Å². The highest BCUT2D eigenvalue weighted by molar-refractivity contribution is 5.15. The highest BCUT2D eigenvalue weighted by atomic mass is 16.6. The summed E-state index contributed by atoms with van der Waals surface area (Å²) in [6.45, 7) is 3.79. The van der Waals surface area contributed by atoms with Gasteiger partial charge in [-0.1, -0.05) is 30.3 Å². The third-order valence-electron chi connectivity index (χ3n) is 1.49. The van der Waals surface area contributed by atoms with Gasteiger partial charge in [-0.05, 0) is 13.8 Å². The molecule has 0 spiro atoms. The molecule has 0 saturated heterocycles. The van der Waals surface area contributed by atoms with Gasteiger partial charge in [-0.3, -0.25) is 0 Å². The molecule has 0 amide bonds. The van der Waals surface area contributed by atoms with Crippen LogP contribution in [0.4, 0.5) is 0 Å². The topological polar surface area (TPSA) is 29.5 Å². The third-order valence-corrected chi connectivity index (χ3v) is 1.49. The van der Waals surface area contributed by atoms with Crippen LogP contribution >= 0.6 is 0 Å². The minimum atomic E-state index is -0.800. The Morgan fingerprint density at radius 1 is 1.17 bits per heavy atom. The number of hydrogen-bond donors (Lipinski definition) is 1. The minimum Gasteiger partial charge on any atom is -0.364 e. The van der Waals surface area contributed by atoms with E-state index >= 15 is 0 Å². The zero-order valence-corrected chi connectivity index (χ0v) is 7.40. The first kappa shape index (κ1) is 9.23. The summed E-state index contributed by atoms with van der Waals surface area (Å²) in [5, 5.41) is 9.47. The summed E-state index contributed by atoms with van der Waals surface area (Å²) in [5.41, 5.74) is 0.797. The quantitative estimate of drug-likeness (QED) is 0.697. The Morgan fingerprint density at radius 3 is 2.25 bits per heavy atom. The van der Waals surface area contributed by atoms with Gasteiger partial charge in [0.05, 0.1) is 6.10 Å². The molecule has 0 aliphatic heterocycles. The van der Waals surface area contributed by atoms with Crippen molar-refractivity contribution in [3.63, 3.8) is 0 Å². The van der Waals surface area contributed by atoms with Crippen molar-refractivity contribution < 1.29 is 9.84 Å². The molecular weight excluding hydrogens is 152 g/mol. The van der Waals surface area contributed by atoms with E-state index in [1.165, 1.54) is 0 Å². The van der Waals surface area contributed by atoms with Crippen molar-refractivity contribution in [2.75, 3.05) is 0 Å². The number of hydrogen-bond acceptors (Lipinski definition) is 2. The van der Waals surface area contributed by atoms with E-state index in [1.54, 1.807) is 0 Å². The first-order valence-electron chi connectivity index (χ1n) is 4.08. The maximum Gasteiger partial charge on any atom is 0.181 e. The predicted molar refractivity (Wildman–Crippen MR) is 47.6 cm³/mol. The van der Waals surface area contributed by atoms with E-state index in [4.69, 9.17) is 4.74 Å². The zero-order valence-electron chi connectivity index (χ0n) is 7.40. The molecule has 1 aromatic carbocycles. The van der Waals surface area contributed by atoms with Gasteiger partial charge in [-0.2, -0.15) is 0 Å². The van der Waals surface area contributed by atoms with E-state index in [1.807, 2.05) is 44.2 Å². The molecule has 12 heavy (non-hydrogen) atoms. The maximum atomic E-state index is 9.47. The van der Waals surface area contributed by atoms with Gasteiger partial charge in [0, 0.05) is 5.56 Å². The van der Waals surface area contributed by atoms with Crippen molar-refractivity contribution >= 4 is 0 Å². The Bertz CT molecular complexity index is 219. The van der Waals surface area contributed by atoms with Gasteiger partial charge in [-0.15, -0.1) is 0 Å². The summed E-state index contributed by atoms with van der Waals surface area (Å²) >= 11 is 0. The zero-order chi connectivity index (χ0) is 8.97. The van der Waals surface area contributed by atoms with E-state index in [-0.39, 0.29) is 6.10 Å². The van der Waals surface area contributed by atoms with Crippen LogP contribution in [0.25, 0.3) is 0 Å². The molecule has 2 heteroatoms. The summed E-state index contributed by atoms with van der Waals surface area (Å²) in [7, 11) is 0. The Labute approximate surface area is 72.8 Å². The molecule has 1 aromatic rings. The van der Waals surface area contributed by atoms with Crippen LogP contribution in [-0.2, 0) is 4.74 Å². The second kappa shape index (κ2) is 4.24. The number of benzene rings is 1. The molecule has 2 nitrogen and oxygen atoms in total. The summed E-state index contributed by atoms with van der Waals surface area (Å²) in [6, 6.07) is 9.34. The molecule has 1 unspecified atom stereocenters. The molecule has 0 saturated carbocycles. The van der Waals surface area contributed by atoms with Crippen molar-refractivity contribution in [3.05, 3.63) is 35.9 Å². The van der Waals surface area contributed by atoms with Gasteiger partial charge >= 0.3 is 0 Å². The normalized spacial score (nSPS) is 13.3. The lowest BCUT2D eigenvalue weighted by molar-refractivity contribution is -0.129. The first-order chi connectivity index (χ1) is 5.70. The number of aliphatic hydroxyl groups excluding tert-OH is 1. The molecule has 0 aromatic heterocycles. The van der Waals surface area contributed by atoms with Gasteiger partial charge < -0.3 is 9.84 Å². The lowest BCUT2D eigenvalue weighted by atomic mass is 10.2. The molecule has 66 valence electrons. The van der Waals surface area contributed by atoms with E-state index < -0.39 is 6.29 Å². The molecule has 1 atom stereocenters. The van der Waals surface area contributed by atoms with Gasteiger partial charge in [0.25, 0.3) is 0 Å². The first-order valence-corrected chi connectivity index (χ1v) is 4.08. The van der Waals surface area contributed by atoms with Gasteiger partial charge in [-0.25, -0.2) is 0 Å². The van der Waals surface area contributed by atoms with Crippen molar-refractivity contribution in [1.29, 1.82) is 0 Å². The second-order valence-electron chi connectivity index (χ2n) is 2.95. The van der Waals surface area contributed by atoms with Crippen molar-refractivity contribution in [2.45, 2.75) is 26.2 Å². The second-order valence-corrected chi connectivity index (χ2v) is 2.95. The van der Waals surface area contributed by atoms with Gasteiger partial charge in [0.15, 0.2) is 6.29 Å². The Hall–Kier alpha value is -0.860. The molecule has 0 bridgehead atoms. The molecule has 0 aliphatic carbocycles. The Morgan fingerprint density at radius 2 is 1.75 bits per heavy atom. The van der Waals surface area contributed by atoms with E-state index in [9.17, 15) is 5.11 Å². The molecule has 1 rings (SSSR count). The number of ether oxygens (including phenoxy) is 1. The fourth-order valence-electron chi connectivity index (χ4n) is 0.954. The Balaban J connectivity index is 2.59. The van der Waals surface area contributed by atoms with Gasteiger partial charge in [0.2, 0.25) is 0 Å². The van der Waals surface area contributed by atoms with Crippen molar-refractivity contribution in [3.8, 4) is 0 Å². The standard InChI is InChI=1S/C10H14O2/c1-8(2)12-10(11)9-6-4-3-5-7-9/h3-8,10-11H,1-2H3. The maximum absolute atomic E-state index is 9.47. The van der Waals surface area contributed by atoms with E-state index in [2.05, 4.69) is 0 Å². The number of aliphatic hydroxyl groups is 1. The van der Waals surface area contributed by atoms with Gasteiger partial charge in [0.1, 0.15) is 0 Å². The SMILES string of the molecule is CC(C)OC(O)c1ccccc1. The van der Waals surface area contributed by atoms with Crippen LogP contribution in [0.1, 0.15) is 25.7 Å². The summed E-state index contributed by atoms with van der Waals surface area (Å²) in [5.74, 6) is 0. The largest absolute Gasteiger partial charge is 0.364 e. The van der Waals surface area contributed by atoms with Crippen LogP contribution in [0.15, 0.2) is 30.3 Å². The molecule has 1 N–H and O–H groups in total. The van der Waals surface area contributed by atoms with Crippen LogP contribution in [0.5, 0.6) is 0 Å². The highest BCUT2D eigenvalue weighted by Crippen LogP contribution is 2.14. The van der Waals surface area contributed by atoms with Crippen LogP contribution < -0.4 is 0 Å². The fraction of sp³-hybridized carbons (Fsp3) is 0.400. The summed E-state index contributed by atoms with van der Waals surface area (Å²) in [6.07, 6.45) is -0.758. The molecule has 0 fully saturated rings. The lowest BCUT2D eigenvalue weighted by Crippen LogP contribution is -2.09. The molecule has 0 heterocycles. The average Bonchev–Trinajstić information content (AvgIpc) is 2.05. The van der Waals surface area contributed by atoms with Crippen LogP contribution in [0, 0.1) is 0 Å². The van der Waals surface area contributed by atoms with Crippen LogP contribution in [-0.4, -0.2) is 11.2 Å². The highest BCUT2D eigenvalue weighted by Gasteiger charge is 2.07. The summed E-state index contributed by atoms with van der Waals surface area (Å²) in [4.78, 5) is 0. The molecular formula is C10H14O2. The smallest absolute Gasteiger partial charge is 0.181 e. The third kappa shape index (κ3) is 2.64. The summed E-state index contributed by atoms with van der Waals surface area (Å²) < 4.78 is 5.19. The molecule has 0 aliphatic rings. The van der Waals surface area contributed by atoms with Crippen LogP contribution in [0.3, 0.4) is 0 Å². The lowest BCUT2D eigenvalue weighted by Gasteiger charge is -2.14. The van der Waals surface area contributed by atoms with E-state index in [0.29, 0.717) is 0 Å². The Kier molecular flexibility index (Phi) is 3.26. The van der Waals surface area contributed by atoms with Crippen LogP contribution in [0.2, 0.25) is 0 Å². The van der Waals surface area contributed by atoms with Crippen molar-refractivity contribution in [2.24, 2.45) is 0 Å². The average molecular weight is 166 g/mol. The number of rotatable bonds is 3. The fourth-order valence-corrected chi connectivity index (χ4v) is 0.954. The van der Waals surface area contributed by atoms with E-state index in [0.717, 1.165) is 5.56 Å². The monoisotopic (exact) mass is 166 g/mol. The predicted octanol–water partition coefficient (Wildman–Crippen LogP) is 2.10. The minimum absolute atomic E-state index is 0.0419. The molecule has 0 radical (unpaired) electrons.